The maximum atomic E-state index is 13.3. The van der Waals surface area contributed by atoms with Crippen LogP contribution in [0.3, 0.4) is 0 Å². The molecule has 0 aromatic heterocycles. The zero-order valence-corrected chi connectivity index (χ0v) is 12.1. The van der Waals surface area contributed by atoms with Crippen molar-refractivity contribution in [2.45, 2.75) is 24.8 Å². The van der Waals surface area contributed by atoms with Crippen LogP contribution < -0.4 is 5.32 Å². The van der Waals surface area contributed by atoms with Crippen molar-refractivity contribution in [1.82, 2.24) is 5.32 Å². The van der Waals surface area contributed by atoms with Crippen molar-refractivity contribution in [3.8, 4) is 0 Å². The minimum atomic E-state index is -0.354. The van der Waals surface area contributed by atoms with Gasteiger partial charge in [-0.3, -0.25) is 0 Å². The van der Waals surface area contributed by atoms with Crippen LogP contribution in [0.25, 0.3) is 0 Å². The molecule has 1 aliphatic carbocycles. The molecule has 1 N–H and O–H groups in total. The number of nitrogens with one attached hydrogen (secondary N) is 1. The molecule has 3 rings (SSSR count). The molecule has 2 aromatic rings. The summed E-state index contributed by atoms with van der Waals surface area (Å²) in [6.45, 7) is 0. The Morgan fingerprint density at radius 2 is 1.85 bits per heavy atom. The lowest BCUT2D eigenvalue weighted by molar-refractivity contribution is 0.470. The van der Waals surface area contributed by atoms with Gasteiger partial charge in [-0.25, -0.2) is 4.39 Å². The molecule has 1 nitrogen and oxygen atoms in total. The van der Waals surface area contributed by atoms with Gasteiger partial charge in [-0.15, -0.1) is 0 Å². The van der Waals surface area contributed by atoms with Gasteiger partial charge in [0.2, 0.25) is 0 Å². The molecule has 20 heavy (non-hydrogen) atoms. The van der Waals surface area contributed by atoms with E-state index < -0.39 is 0 Å². The van der Waals surface area contributed by atoms with Gasteiger partial charge in [-0.05, 0) is 48.7 Å². The standard InChI is InChI=1S/C17H17ClFN/c1-20-17-9-7-12(13-4-2-3-5-14(13)17)11-6-8-16(19)15(18)10-11/h2-6,8,10,12,17,20H,7,9H2,1H3. The first kappa shape index (κ1) is 13.6. The first-order valence-corrected chi connectivity index (χ1v) is 7.29. The predicted octanol–water partition coefficient (Wildman–Crippen LogP) is 4.67. The topological polar surface area (TPSA) is 12.0 Å². The highest BCUT2D eigenvalue weighted by Gasteiger charge is 2.27. The molecule has 2 unspecified atom stereocenters. The SMILES string of the molecule is CNC1CCC(c2ccc(F)c(Cl)c2)c2ccccc21. The Bertz CT molecular complexity index is 626. The van der Waals surface area contributed by atoms with Crippen LogP contribution in [0.5, 0.6) is 0 Å². The highest BCUT2D eigenvalue weighted by atomic mass is 35.5. The molecule has 0 spiro atoms. The van der Waals surface area contributed by atoms with E-state index in [1.807, 2.05) is 13.1 Å². The molecule has 0 bridgehead atoms. The van der Waals surface area contributed by atoms with Crippen molar-refractivity contribution in [3.63, 3.8) is 0 Å². The van der Waals surface area contributed by atoms with Gasteiger partial charge < -0.3 is 5.32 Å². The van der Waals surface area contributed by atoms with E-state index >= 15 is 0 Å². The maximum Gasteiger partial charge on any atom is 0.141 e. The Labute approximate surface area is 123 Å². The second kappa shape index (κ2) is 5.55. The number of halogens is 2. The van der Waals surface area contributed by atoms with Gasteiger partial charge in [-0.1, -0.05) is 41.9 Å². The van der Waals surface area contributed by atoms with Gasteiger partial charge in [-0.2, -0.15) is 0 Å². The lowest BCUT2D eigenvalue weighted by Crippen LogP contribution is -2.24. The van der Waals surface area contributed by atoms with Gasteiger partial charge in [0, 0.05) is 12.0 Å². The molecule has 3 heteroatoms. The van der Waals surface area contributed by atoms with E-state index in [4.69, 9.17) is 11.6 Å². The lowest BCUT2D eigenvalue weighted by Gasteiger charge is -2.31. The quantitative estimate of drug-likeness (QED) is 0.847. The fraction of sp³-hybridized carbons (Fsp3) is 0.294. The molecule has 0 amide bonds. The smallest absolute Gasteiger partial charge is 0.141 e. The lowest BCUT2D eigenvalue weighted by atomic mass is 9.77. The summed E-state index contributed by atoms with van der Waals surface area (Å²) in [5.41, 5.74) is 3.76. The van der Waals surface area contributed by atoms with Crippen LogP contribution in [-0.4, -0.2) is 7.05 Å². The fourth-order valence-electron chi connectivity index (χ4n) is 3.17. The molecule has 0 radical (unpaired) electrons. The van der Waals surface area contributed by atoms with Crippen molar-refractivity contribution in [2.75, 3.05) is 7.05 Å². The minimum Gasteiger partial charge on any atom is -0.313 e. The number of rotatable bonds is 2. The van der Waals surface area contributed by atoms with Crippen LogP contribution in [0.4, 0.5) is 4.39 Å². The van der Waals surface area contributed by atoms with Crippen molar-refractivity contribution in [1.29, 1.82) is 0 Å². The molecule has 0 fully saturated rings. The predicted molar refractivity (Wildman–Crippen MR) is 80.7 cm³/mol. The number of benzene rings is 2. The van der Waals surface area contributed by atoms with Crippen molar-refractivity contribution in [3.05, 3.63) is 70.0 Å². The third-order valence-corrected chi connectivity index (χ3v) is 4.47. The molecule has 2 atom stereocenters. The summed E-state index contributed by atoms with van der Waals surface area (Å²) in [4.78, 5) is 0. The summed E-state index contributed by atoms with van der Waals surface area (Å²) in [5.74, 6) is -0.0542. The Morgan fingerprint density at radius 1 is 1.10 bits per heavy atom. The van der Waals surface area contributed by atoms with E-state index in [-0.39, 0.29) is 10.8 Å². The summed E-state index contributed by atoms with van der Waals surface area (Å²) in [6.07, 6.45) is 2.12. The molecule has 0 saturated carbocycles. The van der Waals surface area contributed by atoms with Gasteiger partial charge in [0.25, 0.3) is 0 Å². The molecule has 104 valence electrons. The van der Waals surface area contributed by atoms with Crippen LogP contribution in [-0.2, 0) is 0 Å². The maximum absolute atomic E-state index is 13.3. The highest BCUT2D eigenvalue weighted by molar-refractivity contribution is 6.30. The largest absolute Gasteiger partial charge is 0.313 e. The van der Waals surface area contributed by atoms with Gasteiger partial charge in [0.15, 0.2) is 0 Å². The number of fused-ring (bicyclic) bond motifs is 1. The van der Waals surface area contributed by atoms with Crippen LogP contribution >= 0.6 is 11.6 Å². The number of hydrogen-bond donors (Lipinski definition) is 1. The molecular formula is C17H17ClFN. The fourth-order valence-corrected chi connectivity index (χ4v) is 3.35. The molecule has 0 heterocycles. The Kier molecular flexibility index (Phi) is 3.77. The zero-order chi connectivity index (χ0) is 14.1. The third kappa shape index (κ3) is 2.34. The zero-order valence-electron chi connectivity index (χ0n) is 11.4. The number of hydrogen-bond acceptors (Lipinski definition) is 1. The summed E-state index contributed by atoms with van der Waals surface area (Å²) in [6, 6.07) is 14.0. The van der Waals surface area contributed by atoms with Crippen LogP contribution in [0.1, 0.15) is 41.5 Å². The second-order valence-corrected chi connectivity index (χ2v) is 5.68. The van der Waals surface area contributed by atoms with Crippen LogP contribution in [0.15, 0.2) is 42.5 Å². The average Bonchev–Trinajstić information content (AvgIpc) is 2.49. The molecular weight excluding hydrogens is 273 g/mol. The highest BCUT2D eigenvalue weighted by Crippen LogP contribution is 2.41. The first-order chi connectivity index (χ1) is 9.70. The first-order valence-electron chi connectivity index (χ1n) is 6.91. The Hall–Kier alpha value is -1.38. The van der Waals surface area contributed by atoms with Crippen molar-refractivity contribution in [2.24, 2.45) is 0 Å². The normalized spacial score (nSPS) is 21.6. The van der Waals surface area contributed by atoms with Gasteiger partial charge in [0.05, 0.1) is 5.02 Å². The minimum absolute atomic E-state index is 0.204. The summed E-state index contributed by atoms with van der Waals surface area (Å²) in [7, 11) is 2.00. The molecule has 1 aliphatic rings. The average molecular weight is 290 g/mol. The van der Waals surface area contributed by atoms with E-state index in [1.165, 1.54) is 17.2 Å². The summed E-state index contributed by atoms with van der Waals surface area (Å²) < 4.78 is 13.3. The Balaban J connectivity index is 2.05. The van der Waals surface area contributed by atoms with Crippen LogP contribution in [0, 0.1) is 5.82 Å². The van der Waals surface area contributed by atoms with E-state index in [2.05, 4.69) is 29.6 Å². The van der Waals surface area contributed by atoms with E-state index in [0.29, 0.717) is 12.0 Å². The molecule has 0 aliphatic heterocycles. The van der Waals surface area contributed by atoms with Gasteiger partial charge >= 0.3 is 0 Å². The second-order valence-electron chi connectivity index (χ2n) is 5.27. The Morgan fingerprint density at radius 3 is 2.55 bits per heavy atom. The van der Waals surface area contributed by atoms with E-state index in [9.17, 15) is 4.39 Å². The third-order valence-electron chi connectivity index (χ3n) is 4.19. The molecule has 2 aromatic carbocycles. The summed E-state index contributed by atoms with van der Waals surface area (Å²) >= 11 is 5.93. The van der Waals surface area contributed by atoms with E-state index in [0.717, 1.165) is 18.4 Å². The van der Waals surface area contributed by atoms with Crippen molar-refractivity contribution >= 4 is 11.6 Å². The summed E-state index contributed by atoms with van der Waals surface area (Å²) in [5, 5.41) is 3.57. The van der Waals surface area contributed by atoms with Gasteiger partial charge in [0.1, 0.15) is 5.82 Å². The van der Waals surface area contributed by atoms with Crippen molar-refractivity contribution < 1.29 is 4.39 Å². The monoisotopic (exact) mass is 289 g/mol. The van der Waals surface area contributed by atoms with E-state index in [1.54, 1.807) is 6.07 Å². The van der Waals surface area contributed by atoms with Crippen LogP contribution in [0.2, 0.25) is 5.02 Å². The molecule has 0 saturated heterocycles.